The first-order chi connectivity index (χ1) is 12.4. The van der Waals surface area contributed by atoms with Crippen molar-refractivity contribution < 1.29 is 19.4 Å². The maximum Gasteiger partial charge on any atom is 0.308 e. The van der Waals surface area contributed by atoms with E-state index in [1.807, 2.05) is 38.1 Å². The molecule has 0 aliphatic carbocycles. The third kappa shape index (κ3) is 4.04. The summed E-state index contributed by atoms with van der Waals surface area (Å²) in [6.07, 6.45) is 0. The number of ether oxygens (including phenoxy) is 1. The van der Waals surface area contributed by atoms with Gasteiger partial charge in [-0.3, -0.25) is 9.59 Å². The number of hydrogen-bond donors (Lipinski definition) is 1. The molecule has 2 aromatic rings. The number of carbonyl (C=O) groups excluding carboxylic acids is 1. The minimum absolute atomic E-state index is 0.0443. The molecule has 1 heterocycles. The molecule has 1 amide bonds. The summed E-state index contributed by atoms with van der Waals surface area (Å²) in [5, 5.41) is 9.24. The van der Waals surface area contributed by atoms with Crippen molar-refractivity contribution >= 4 is 11.9 Å². The number of rotatable bonds is 5. The fraction of sp³-hybridized carbons (Fsp3) is 0.333. The highest BCUT2D eigenvalue weighted by Gasteiger charge is 2.37. The molecule has 26 heavy (non-hydrogen) atoms. The second kappa shape index (κ2) is 7.60. The Hall–Kier alpha value is -2.82. The SMILES string of the molecule is Cc1cccc(COc2cccc(C(=O)N3C[C@@H](C)[C@H](C(=O)O)C3)c2)c1. The molecule has 0 bridgehead atoms. The van der Waals surface area contributed by atoms with Gasteiger partial charge >= 0.3 is 5.97 Å². The quantitative estimate of drug-likeness (QED) is 0.895. The molecule has 2 atom stereocenters. The second-order valence-electron chi connectivity index (χ2n) is 6.94. The largest absolute Gasteiger partial charge is 0.489 e. The van der Waals surface area contributed by atoms with Gasteiger partial charge in [-0.2, -0.15) is 0 Å². The first-order valence-electron chi connectivity index (χ1n) is 8.74. The van der Waals surface area contributed by atoms with Gasteiger partial charge in [0.2, 0.25) is 0 Å². The Bertz CT molecular complexity index is 817. The fourth-order valence-corrected chi connectivity index (χ4v) is 3.32. The number of aliphatic carboxylic acids is 1. The Morgan fingerprint density at radius 1 is 1.15 bits per heavy atom. The van der Waals surface area contributed by atoms with Crippen molar-refractivity contribution in [2.45, 2.75) is 20.5 Å². The summed E-state index contributed by atoms with van der Waals surface area (Å²) in [5.41, 5.74) is 2.76. The molecular weight excluding hydrogens is 330 g/mol. The normalized spacial score (nSPS) is 19.4. The average Bonchev–Trinajstić information content (AvgIpc) is 3.02. The maximum absolute atomic E-state index is 12.7. The number of aryl methyl sites for hydroxylation is 1. The van der Waals surface area contributed by atoms with E-state index in [9.17, 15) is 14.7 Å². The van der Waals surface area contributed by atoms with Crippen molar-refractivity contribution in [3.8, 4) is 5.75 Å². The molecule has 136 valence electrons. The van der Waals surface area contributed by atoms with Crippen LogP contribution in [0.25, 0.3) is 0 Å². The van der Waals surface area contributed by atoms with Crippen molar-refractivity contribution in [1.29, 1.82) is 0 Å². The van der Waals surface area contributed by atoms with Gasteiger partial charge in [-0.05, 0) is 36.6 Å². The summed E-state index contributed by atoms with van der Waals surface area (Å²) in [6, 6.07) is 15.1. The van der Waals surface area contributed by atoms with Crippen LogP contribution < -0.4 is 4.74 Å². The molecular formula is C21H23NO4. The lowest BCUT2D eigenvalue weighted by Crippen LogP contribution is -2.29. The smallest absolute Gasteiger partial charge is 0.308 e. The molecule has 0 saturated carbocycles. The lowest BCUT2D eigenvalue weighted by Gasteiger charge is -2.16. The summed E-state index contributed by atoms with van der Waals surface area (Å²) >= 11 is 0. The van der Waals surface area contributed by atoms with Crippen LogP contribution in [-0.4, -0.2) is 35.0 Å². The lowest BCUT2D eigenvalue weighted by molar-refractivity contribution is -0.142. The summed E-state index contributed by atoms with van der Waals surface area (Å²) < 4.78 is 5.82. The van der Waals surface area contributed by atoms with Crippen molar-refractivity contribution in [1.82, 2.24) is 4.90 Å². The summed E-state index contributed by atoms with van der Waals surface area (Å²) in [4.78, 5) is 25.6. The highest BCUT2D eigenvalue weighted by atomic mass is 16.5. The molecule has 0 spiro atoms. The van der Waals surface area contributed by atoms with E-state index < -0.39 is 11.9 Å². The Kier molecular flexibility index (Phi) is 5.26. The van der Waals surface area contributed by atoms with Gasteiger partial charge in [0.25, 0.3) is 5.91 Å². The first-order valence-corrected chi connectivity index (χ1v) is 8.74. The van der Waals surface area contributed by atoms with Crippen LogP contribution >= 0.6 is 0 Å². The Morgan fingerprint density at radius 3 is 2.62 bits per heavy atom. The van der Waals surface area contributed by atoms with Gasteiger partial charge in [-0.25, -0.2) is 0 Å². The molecule has 5 heteroatoms. The summed E-state index contributed by atoms with van der Waals surface area (Å²) in [7, 11) is 0. The third-order valence-electron chi connectivity index (χ3n) is 4.79. The van der Waals surface area contributed by atoms with Gasteiger partial charge in [0.05, 0.1) is 5.92 Å². The zero-order chi connectivity index (χ0) is 18.7. The monoisotopic (exact) mass is 353 g/mol. The van der Waals surface area contributed by atoms with Gasteiger partial charge in [0, 0.05) is 18.7 Å². The standard InChI is InChI=1S/C21H23NO4/c1-14-5-3-6-16(9-14)13-26-18-8-4-7-17(10-18)20(23)22-11-15(2)19(12-22)21(24)25/h3-10,15,19H,11-13H2,1-2H3,(H,24,25)/t15-,19-/m1/s1. The summed E-state index contributed by atoms with van der Waals surface area (Å²) in [6.45, 7) is 5.05. The molecule has 1 N–H and O–H groups in total. The molecule has 1 fully saturated rings. The number of nitrogens with zero attached hydrogens (tertiary/aromatic N) is 1. The molecule has 3 rings (SSSR count). The Balaban J connectivity index is 1.67. The van der Waals surface area contributed by atoms with Crippen molar-refractivity contribution in [3.05, 3.63) is 65.2 Å². The van der Waals surface area contributed by atoms with Gasteiger partial charge in [-0.15, -0.1) is 0 Å². The van der Waals surface area contributed by atoms with E-state index in [2.05, 4.69) is 6.07 Å². The van der Waals surface area contributed by atoms with Crippen LogP contribution in [-0.2, 0) is 11.4 Å². The predicted octanol–water partition coefficient (Wildman–Crippen LogP) is 3.37. The molecule has 5 nitrogen and oxygen atoms in total. The molecule has 0 aromatic heterocycles. The van der Waals surface area contributed by atoms with Crippen molar-refractivity contribution in [3.63, 3.8) is 0 Å². The van der Waals surface area contributed by atoms with Crippen LogP contribution in [0.4, 0.5) is 0 Å². The minimum Gasteiger partial charge on any atom is -0.489 e. The van der Waals surface area contributed by atoms with Crippen LogP contribution in [0.3, 0.4) is 0 Å². The van der Waals surface area contributed by atoms with Crippen molar-refractivity contribution in [2.24, 2.45) is 11.8 Å². The highest BCUT2D eigenvalue weighted by Crippen LogP contribution is 2.25. The van der Waals surface area contributed by atoms with E-state index in [1.54, 1.807) is 23.1 Å². The average molecular weight is 353 g/mol. The Morgan fingerprint density at radius 2 is 1.92 bits per heavy atom. The Labute approximate surface area is 153 Å². The highest BCUT2D eigenvalue weighted by molar-refractivity contribution is 5.95. The maximum atomic E-state index is 12.7. The molecule has 0 radical (unpaired) electrons. The molecule has 1 aliphatic rings. The summed E-state index contributed by atoms with van der Waals surface area (Å²) in [5.74, 6) is -0.916. The number of carbonyl (C=O) groups is 2. The van der Waals surface area contributed by atoms with E-state index in [-0.39, 0.29) is 18.4 Å². The number of amides is 1. The second-order valence-corrected chi connectivity index (χ2v) is 6.94. The molecule has 1 saturated heterocycles. The molecule has 2 aromatic carbocycles. The number of hydrogen-bond acceptors (Lipinski definition) is 3. The number of likely N-dealkylation sites (tertiary alicyclic amines) is 1. The van der Waals surface area contributed by atoms with E-state index >= 15 is 0 Å². The molecule has 1 aliphatic heterocycles. The van der Waals surface area contributed by atoms with Gasteiger partial charge in [0.15, 0.2) is 0 Å². The van der Waals surface area contributed by atoms with Crippen LogP contribution in [0.2, 0.25) is 0 Å². The third-order valence-corrected chi connectivity index (χ3v) is 4.79. The zero-order valence-corrected chi connectivity index (χ0v) is 15.0. The van der Waals surface area contributed by atoms with E-state index in [1.165, 1.54) is 5.56 Å². The fourth-order valence-electron chi connectivity index (χ4n) is 3.32. The lowest BCUT2D eigenvalue weighted by atomic mass is 9.99. The predicted molar refractivity (Wildman–Crippen MR) is 98.1 cm³/mol. The van der Waals surface area contributed by atoms with Crippen LogP contribution in [0.1, 0.15) is 28.4 Å². The van der Waals surface area contributed by atoms with E-state index in [0.717, 1.165) is 5.56 Å². The van der Waals surface area contributed by atoms with Gasteiger partial charge < -0.3 is 14.7 Å². The topological polar surface area (TPSA) is 66.8 Å². The minimum atomic E-state index is -0.844. The number of carboxylic acid groups (broad SMARTS) is 1. The zero-order valence-electron chi connectivity index (χ0n) is 15.0. The van der Waals surface area contributed by atoms with Gasteiger partial charge in [-0.1, -0.05) is 42.8 Å². The number of carboxylic acids is 1. The van der Waals surface area contributed by atoms with Crippen molar-refractivity contribution in [2.75, 3.05) is 13.1 Å². The van der Waals surface area contributed by atoms with E-state index in [0.29, 0.717) is 24.5 Å². The van der Waals surface area contributed by atoms with Crippen LogP contribution in [0, 0.1) is 18.8 Å². The van der Waals surface area contributed by atoms with Crippen LogP contribution in [0.5, 0.6) is 5.75 Å². The first kappa shape index (κ1) is 18.0. The van der Waals surface area contributed by atoms with Crippen LogP contribution in [0.15, 0.2) is 48.5 Å². The van der Waals surface area contributed by atoms with Gasteiger partial charge in [0.1, 0.15) is 12.4 Å². The van der Waals surface area contributed by atoms with E-state index in [4.69, 9.17) is 4.74 Å². The number of benzene rings is 2. The molecule has 0 unspecified atom stereocenters.